The first-order chi connectivity index (χ1) is 9.58. The predicted molar refractivity (Wildman–Crippen MR) is 77.1 cm³/mol. The van der Waals surface area contributed by atoms with E-state index >= 15 is 0 Å². The summed E-state index contributed by atoms with van der Waals surface area (Å²) in [6, 6.07) is 7.51. The molecule has 2 rings (SSSR count). The Labute approximate surface area is 117 Å². The molecular formula is C15H17N3O2. The van der Waals surface area contributed by atoms with Crippen molar-refractivity contribution in [3.05, 3.63) is 53.0 Å². The maximum atomic E-state index is 11.3. The Morgan fingerprint density at radius 2 is 2.15 bits per heavy atom. The minimum Gasteiger partial charge on any atom is -0.478 e. The van der Waals surface area contributed by atoms with Crippen molar-refractivity contribution >= 4 is 11.8 Å². The molecule has 0 aromatic carbocycles. The van der Waals surface area contributed by atoms with Gasteiger partial charge in [-0.2, -0.15) is 0 Å². The zero-order valence-corrected chi connectivity index (χ0v) is 11.6. The van der Waals surface area contributed by atoms with Crippen molar-refractivity contribution < 1.29 is 9.90 Å². The second-order valence-electron chi connectivity index (χ2n) is 4.61. The number of aromatic nitrogens is 2. The van der Waals surface area contributed by atoms with Gasteiger partial charge in [-0.3, -0.25) is 4.98 Å². The molecule has 2 N–H and O–H groups in total. The molecule has 0 spiro atoms. The van der Waals surface area contributed by atoms with Crippen LogP contribution in [0.3, 0.4) is 0 Å². The van der Waals surface area contributed by atoms with E-state index in [0.717, 1.165) is 11.4 Å². The van der Waals surface area contributed by atoms with E-state index in [0.29, 0.717) is 24.3 Å². The minimum absolute atomic E-state index is 0.233. The Kier molecular flexibility index (Phi) is 4.30. The van der Waals surface area contributed by atoms with Gasteiger partial charge in [0.2, 0.25) is 0 Å². The van der Waals surface area contributed by atoms with Gasteiger partial charge in [-0.1, -0.05) is 6.07 Å². The van der Waals surface area contributed by atoms with E-state index in [2.05, 4.69) is 15.3 Å². The summed E-state index contributed by atoms with van der Waals surface area (Å²) in [4.78, 5) is 19.8. The Balaban J connectivity index is 2.11. The van der Waals surface area contributed by atoms with E-state index in [4.69, 9.17) is 0 Å². The van der Waals surface area contributed by atoms with Gasteiger partial charge in [-0.25, -0.2) is 9.78 Å². The quantitative estimate of drug-likeness (QED) is 0.873. The zero-order valence-electron chi connectivity index (χ0n) is 11.6. The summed E-state index contributed by atoms with van der Waals surface area (Å²) >= 11 is 0. The fraction of sp³-hybridized carbons (Fsp3) is 0.267. The van der Waals surface area contributed by atoms with Crippen LogP contribution in [0, 0.1) is 13.8 Å². The predicted octanol–water partition coefficient (Wildman–Crippen LogP) is 2.45. The highest BCUT2D eigenvalue weighted by atomic mass is 16.4. The van der Waals surface area contributed by atoms with Gasteiger partial charge in [0.15, 0.2) is 0 Å². The topological polar surface area (TPSA) is 75.1 Å². The Morgan fingerprint density at radius 1 is 1.35 bits per heavy atom. The summed E-state index contributed by atoms with van der Waals surface area (Å²) in [6.45, 7) is 4.22. The molecule has 5 nitrogen and oxygen atoms in total. The molecule has 2 aromatic heterocycles. The Bertz CT molecular complexity index is 612. The van der Waals surface area contributed by atoms with Gasteiger partial charge in [-0.05, 0) is 37.6 Å². The summed E-state index contributed by atoms with van der Waals surface area (Å²) in [6.07, 6.45) is 2.46. The van der Waals surface area contributed by atoms with Gasteiger partial charge in [0.1, 0.15) is 11.4 Å². The van der Waals surface area contributed by atoms with Crippen molar-refractivity contribution in [3.8, 4) is 0 Å². The van der Waals surface area contributed by atoms with Gasteiger partial charge in [-0.15, -0.1) is 0 Å². The van der Waals surface area contributed by atoms with Crippen molar-refractivity contribution in [2.75, 3.05) is 11.9 Å². The Hall–Kier alpha value is -2.43. The van der Waals surface area contributed by atoms with E-state index < -0.39 is 5.97 Å². The monoisotopic (exact) mass is 271 g/mol. The number of aryl methyl sites for hydroxylation is 2. The number of aromatic carboxylic acids is 1. The number of carboxylic acids is 1. The van der Waals surface area contributed by atoms with Crippen LogP contribution in [-0.2, 0) is 6.42 Å². The van der Waals surface area contributed by atoms with Crippen molar-refractivity contribution in [3.63, 3.8) is 0 Å². The Morgan fingerprint density at radius 3 is 2.80 bits per heavy atom. The first kappa shape index (κ1) is 14.0. The number of carbonyl (C=O) groups is 1. The normalized spacial score (nSPS) is 10.3. The summed E-state index contributed by atoms with van der Waals surface area (Å²) in [7, 11) is 0. The van der Waals surface area contributed by atoms with Crippen LogP contribution < -0.4 is 5.32 Å². The average molecular weight is 271 g/mol. The first-order valence-electron chi connectivity index (χ1n) is 6.43. The SMILES string of the molecule is Cc1cc(C)c(C(=O)O)c(NCCc2ccccn2)n1. The molecule has 20 heavy (non-hydrogen) atoms. The largest absolute Gasteiger partial charge is 0.478 e. The van der Waals surface area contributed by atoms with Gasteiger partial charge in [0.05, 0.1) is 0 Å². The molecular weight excluding hydrogens is 254 g/mol. The molecule has 0 aliphatic heterocycles. The number of hydrogen-bond acceptors (Lipinski definition) is 4. The van der Waals surface area contributed by atoms with Crippen molar-refractivity contribution in [2.45, 2.75) is 20.3 Å². The van der Waals surface area contributed by atoms with Crippen LogP contribution in [-0.4, -0.2) is 27.6 Å². The van der Waals surface area contributed by atoms with Crippen LogP contribution in [0.1, 0.15) is 27.3 Å². The molecule has 0 radical (unpaired) electrons. The first-order valence-corrected chi connectivity index (χ1v) is 6.43. The number of nitrogens with one attached hydrogen (secondary N) is 1. The molecule has 5 heteroatoms. The van der Waals surface area contributed by atoms with Crippen LogP contribution in [0.2, 0.25) is 0 Å². The third kappa shape index (κ3) is 3.32. The van der Waals surface area contributed by atoms with E-state index in [9.17, 15) is 9.90 Å². The molecule has 0 aliphatic rings. The molecule has 0 unspecified atom stereocenters. The van der Waals surface area contributed by atoms with E-state index in [1.54, 1.807) is 19.2 Å². The molecule has 0 amide bonds. The molecule has 2 heterocycles. The third-order valence-electron chi connectivity index (χ3n) is 2.96. The highest BCUT2D eigenvalue weighted by Crippen LogP contribution is 2.18. The van der Waals surface area contributed by atoms with Gasteiger partial charge >= 0.3 is 5.97 Å². The number of pyridine rings is 2. The highest BCUT2D eigenvalue weighted by molar-refractivity contribution is 5.94. The van der Waals surface area contributed by atoms with Crippen molar-refractivity contribution in [1.82, 2.24) is 9.97 Å². The van der Waals surface area contributed by atoms with Crippen LogP contribution in [0.15, 0.2) is 30.5 Å². The molecule has 0 bridgehead atoms. The zero-order chi connectivity index (χ0) is 14.5. The number of anilines is 1. The third-order valence-corrected chi connectivity index (χ3v) is 2.96. The second-order valence-corrected chi connectivity index (χ2v) is 4.61. The van der Waals surface area contributed by atoms with Crippen LogP contribution >= 0.6 is 0 Å². The second kappa shape index (κ2) is 6.14. The molecule has 0 aliphatic carbocycles. The lowest BCUT2D eigenvalue weighted by atomic mass is 10.1. The molecule has 2 aromatic rings. The standard InChI is InChI=1S/C15H17N3O2/c1-10-9-11(2)18-14(13(10)15(19)20)17-8-6-12-5-3-4-7-16-12/h3-5,7,9H,6,8H2,1-2H3,(H,17,18)(H,19,20). The lowest BCUT2D eigenvalue weighted by Crippen LogP contribution is -2.13. The van der Waals surface area contributed by atoms with E-state index in [1.807, 2.05) is 25.1 Å². The summed E-state index contributed by atoms with van der Waals surface area (Å²) < 4.78 is 0. The molecule has 104 valence electrons. The van der Waals surface area contributed by atoms with Crippen LogP contribution in [0.4, 0.5) is 5.82 Å². The smallest absolute Gasteiger partial charge is 0.339 e. The average Bonchev–Trinajstić information content (AvgIpc) is 2.38. The van der Waals surface area contributed by atoms with Crippen molar-refractivity contribution in [1.29, 1.82) is 0 Å². The van der Waals surface area contributed by atoms with Gasteiger partial charge in [0, 0.05) is 30.6 Å². The summed E-state index contributed by atoms with van der Waals surface area (Å²) in [5.74, 6) is -0.540. The lowest BCUT2D eigenvalue weighted by molar-refractivity contribution is 0.0697. The lowest BCUT2D eigenvalue weighted by Gasteiger charge is -2.11. The number of carboxylic acid groups (broad SMARTS) is 1. The maximum absolute atomic E-state index is 11.3. The molecule has 0 saturated heterocycles. The molecule has 0 saturated carbocycles. The van der Waals surface area contributed by atoms with Gasteiger partial charge < -0.3 is 10.4 Å². The highest BCUT2D eigenvalue weighted by Gasteiger charge is 2.15. The fourth-order valence-electron chi connectivity index (χ4n) is 2.09. The number of nitrogens with zero attached hydrogens (tertiary/aromatic N) is 2. The fourth-order valence-corrected chi connectivity index (χ4v) is 2.09. The minimum atomic E-state index is -0.963. The number of hydrogen-bond donors (Lipinski definition) is 2. The van der Waals surface area contributed by atoms with E-state index in [-0.39, 0.29) is 5.56 Å². The number of rotatable bonds is 5. The summed E-state index contributed by atoms with van der Waals surface area (Å²) in [5.41, 5.74) is 2.70. The van der Waals surface area contributed by atoms with Crippen LogP contribution in [0.25, 0.3) is 0 Å². The van der Waals surface area contributed by atoms with Crippen molar-refractivity contribution in [2.24, 2.45) is 0 Å². The van der Waals surface area contributed by atoms with Gasteiger partial charge in [0.25, 0.3) is 0 Å². The molecule has 0 fully saturated rings. The van der Waals surface area contributed by atoms with Crippen LogP contribution in [0.5, 0.6) is 0 Å². The summed E-state index contributed by atoms with van der Waals surface area (Å²) in [5, 5.41) is 12.4. The van der Waals surface area contributed by atoms with E-state index in [1.165, 1.54) is 0 Å². The maximum Gasteiger partial charge on any atom is 0.339 e. The molecule has 0 atom stereocenters.